The van der Waals surface area contributed by atoms with Crippen molar-refractivity contribution in [3.05, 3.63) is 22.4 Å². The summed E-state index contributed by atoms with van der Waals surface area (Å²) in [6, 6.07) is 3.71. The average Bonchev–Trinajstić information content (AvgIpc) is 2.54. The van der Waals surface area contributed by atoms with Crippen molar-refractivity contribution in [1.82, 2.24) is 0 Å². The molecule has 0 bridgehead atoms. The van der Waals surface area contributed by atoms with E-state index in [-0.39, 0.29) is 0 Å². The van der Waals surface area contributed by atoms with Crippen LogP contribution in [-0.4, -0.2) is 21.6 Å². The van der Waals surface area contributed by atoms with Gasteiger partial charge in [-0.1, -0.05) is 6.07 Å². The zero-order valence-corrected chi connectivity index (χ0v) is 10.0. The number of hydrogen-bond acceptors (Lipinski definition) is 5. The minimum absolute atomic E-state index is 0.427. The molecule has 0 aliphatic rings. The van der Waals surface area contributed by atoms with E-state index in [9.17, 15) is 8.42 Å². The fraction of sp³-hybridized carbons (Fsp3) is 0.500. The third-order valence-corrected chi connectivity index (χ3v) is 3.30. The maximum atomic E-state index is 10.7. The molecular weight excluding hydrogens is 238 g/mol. The monoisotopic (exact) mass is 251 g/mol. The highest BCUT2D eigenvalue weighted by Crippen LogP contribution is 2.27. The first-order valence-electron chi connectivity index (χ1n) is 4.21. The molecular formula is C8H13NO4S2. The molecule has 15 heavy (non-hydrogen) atoms. The van der Waals surface area contributed by atoms with Gasteiger partial charge in [0.1, 0.15) is 12.2 Å². The summed E-state index contributed by atoms with van der Waals surface area (Å²) >= 11 is 1.47. The Hall–Kier alpha value is -0.470. The van der Waals surface area contributed by atoms with Crippen LogP contribution in [0.2, 0.25) is 0 Å². The molecule has 7 heteroatoms. The fourth-order valence-electron chi connectivity index (χ4n) is 1.25. The molecule has 1 aromatic heterocycles. The van der Waals surface area contributed by atoms with Crippen molar-refractivity contribution >= 4 is 21.6 Å². The number of hydrogen-bond donors (Lipinski definition) is 1. The first-order chi connectivity index (χ1) is 6.94. The molecule has 2 atom stereocenters. The van der Waals surface area contributed by atoms with Crippen LogP contribution in [0.3, 0.4) is 0 Å². The predicted molar refractivity (Wildman–Crippen MR) is 57.7 cm³/mol. The first-order valence-corrected chi connectivity index (χ1v) is 6.56. The molecule has 1 heterocycles. The van der Waals surface area contributed by atoms with Crippen LogP contribution in [0.5, 0.6) is 0 Å². The van der Waals surface area contributed by atoms with Crippen LogP contribution in [0.4, 0.5) is 0 Å². The summed E-state index contributed by atoms with van der Waals surface area (Å²) in [5.41, 5.74) is 0. The third-order valence-electron chi connectivity index (χ3n) is 1.79. The lowest BCUT2D eigenvalue weighted by Crippen LogP contribution is -2.27. The van der Waals surface area contributed by atoms with Crippen LogP contribution in [-0.2, 0) is 19.2 Å². The number of methoxy groups -OCH3 is 1. The molecule has 5 nitrogen and oxygen atoms in total. The van der Waals surface area contributed by atoms with E-state index < -0.39 is 22.5 Å². The number of nitrogens with two attached hydrogens (primary N) is 1. The van der Waals surface area contributed by atoms with Gasteiger partial charge in [-0.15, -0.1) is 11.3 Å². The summed E-state index contributed by atoms with van der Waals surface area (Å²) in [5, 5.41) is 6.66. The summed E-state index contributed by atoms with van der Waals surface area (Å²) in [6.07, 6.45) is -1.08. The Kier molecular flexibility index (Phi) is 4.23. The summed E-state index contributed by atoms with van der Waals surface area (Å²) in [5.74, 6) is 0. The standard InChI is InChI=1S/C8H13NO4S2/c1-6(13-15(9,10)11)8(12-2)7-4-3-5-14-7/h3-6,8H,1-2H3,(H2,9,10,11)/t6-,8+/m1/s1. The van der Waals surface area contributed by atoms with E-state index in [1.165, 1.54) is 18.4 Å². The largest absolute Gasteiger partial charge is 0.373 e. The molecule has 0 radical (unpaired) electrons. The van der Waals surface area contributed by atoms with Crippen molar-refractivity contribution in [2.75, 3.05) is 7.11 Å². The van der Waals surface area contributed by atoms with Gasteiger partial charge in [0.2, 0.25) is 0 Å². The first kappa shape index (κ1) is 12.6. The second-order valence-electron chi connectivity index (χ2n) is 2.97. The van der Waals surface area contributed by atoms with Gasteiger partial charge in [0.05, 0.1) is 0 Å². The highest BCUT2D eigenvalue weighted by molar-refractivity contribution is 7.84. The lowest BCUT2D eigenvalue weighted by atomic mass is 10.2. The Morgan fingerprint density at radius 1 is 1.53 bits per heavy atom. The Balaban J connectivity index is 2.76. The van der Waals surface area contributed by atoms with Gasteiger partial charge in [-0.3, -0.25) is 4.18 Å². The van der Waals surface area contributed by atoms with Gasteiger partial charge in [0, 0.05) is 12.0 Å². The molecule has 86 valence electrons. The molecule has 0 unspecified atom stereocenters. The zero-order chi connectivity index (χ0) is 11.5. The SMILES string of the molecule is CO[C@H](c1cccs1)[C@@H](C)OS(N)(=O)=O. The van der Waals surface area contributed by atoms with E-state index in [0.717, 1.165) is 4.88 Å². The molecule has 1 rings (SSSR count). The van der Waals surface area contributed by atoms with Gasteiger partial charge in [0.15, 0.2) is 0 Å². The Bertz CT molecular complexity index is 387. The molecule has 0 aliphatic carbocycles. The predicted octanol–water partition coefficient (Wildman–Crippen LogP) is 1.04. The zero-order valence-electron chi connectivity index (χ0n) is 8.41. The van der Waals surface area contributed by atoms with Crippen molar-refractivity contribution in [2.45, 2.75) is 19.1 Å². The lowest BCUT2D eigenvalue weighted by Gasteiger charge is -2.20. The van der Waals surface area contributed by atoms with Crippen LogP contribution in [0.25, 0.3) is 0 Å². The van der Waals surface area contributed by atoms with E-state index in [2.05, 4.69) is 4.18 Å². The van der Waals surface area contributed by atoms with Gasteiger partial charge in [-0.05, 0) is 18.4 Å². The summed E-state index contributed by atoms with van der Waals surface area (Å²) in [4.78, 5) is 0.897. The molecule has 0 spiro atoms. The Morgan fingerprint density at radius 3 is 2.60 bits per heavy atom. The smallest absolute Gasteiger partial charge is 0.333 e. The molecule has 0 aliphatic heterocycles. The molecule has 0 saturated heterocycles. The van der Waals surface area contributed by atoms with E-state index in [1.54, 1.807) is 6.92 Å². The summed E-state index contributed by atoms with van der Waals surface area (Å²) in [7, 11) is -2.45. The van der Waals surface area contributed by atoms with Crippen molar-refractivity contribution in [1.29, 1.82) is 0 Å². The second kappa shape index (κ2) is 5.04. The molecule has 0 saturated carbocycles. The molecule has 0 amide bonds. The normalized spacial score (nSPS) is 16.2. The quantitative estimate of drug-likeness (QED) is 0.848. The minimum Gasteiger partial charge on any atom is -0.373 e. The van der Waals surface area contributed by atoms with Crippen LogP contribution in [0, 0.1) is 0 Å². The molecule has 1 aromatic rings. The van der Waals surface area contributed by atoms with Crippen molar-refractivity contribution < 1.29 is 17.3 Å². The van der Waals surface area contributed by atoms with Crippen LogP contribution < -0.4 is 5.14 Å². The van der Waals surface area contributed by atoms with Crippen LogP contribution in [0.1, 0.15) is 17.9 Å². The average molecular weight is 251 g/mol. The molecule has 0 aromatic carbocycles. The number of ether oxygens (including phenoxy) is 1. The van der Waals surface area contributed by atoms with E-state index in [0.29, 0.717) is 0 Å². The number of rotatable bonds is 5. The summed E-state index contributed by atoms with van der Waals surface area (Å²) in [6.45, 7) is 1.60. The van der Waals surface area contributed by atoms with Gasteiger partial charge >= 0.3 is 10.3 Å². The van der Waals surface area contributed by atoms with Crippen molar-refractivity contribution in [3.8, 4) is 0 Å². The highest BCUT2D eigenvalue weighted by Gasteiger charge is 2.24. The molecule has 2 N–H and O–H groups in total. The van der Waals surface area contributed by atoms with E-state index in [1.807, 2.05) is 17.5 Å². The van der Waals surface area contributed by atoms with Crippen molar-refractivity contribution in [2.24, 2.45) is 5.14 Å². The van der Waals surface area contributed by atoms with Crippen LogP contribution in [0.15, 0.2) is 17.5 Å². The van der Waals surface area contributed by atoms with Crippen molar-refractivity contribution in [3.63, 3.8) is 0 Å². The van der Waals surface area contributed by atoms with E-state index in [4.69, 9.17) is 9.88 Å². The lowest BCUT2D eigenvalue weighted by molar-refractivity contribution is 0.0148. The maximum Gasteiger partial charge on any atom is 0.333 e. The van der Waals surface area contributed by atoms with Gasteiger partial charge in [-0.2, -0.15) is 8.42 Å². The Morgan fingerprint density at radius 2 is 2.20 bits per heavy atom. The molecule has 0 fully saturated rings. The minimum atomic E-state index is -3.94. The van der Waals surface area contributed by atoms with Gasteiger partial charge in [0.25, 0.3) is 0 Å². The Labute approximate surface area is 93.1 Å². The maximum absolute atomic E-state index is 10.7. The van der Waals surface area contributed by atoms with Gasteiger partial charge < -0.3 is 4.74 Å². The summed E-state index contributed by atoms with van der Waals surface area (Å²) < 4.78 is 31.3. The van der Waals surface area contributed by atoms with Crippen LogP contribution >= 0.6 is 11.3 Å². The third kappa shape index (κ3) is 3.88. The number of thiophene rings is 1. The van der Waals surface area contributed by atoms with E-state index >= 15 is 0 Å². The highest BCUT2D eigenvalue weighted by atomic mass is 32.2. The fourth-order valence-corrected chi connectivity index (χ4v) is 2.67. The van der Waals surface area contributed by atoms with Gasteiger partial charge in [-0.25, -0.2) is 5.14 Å². The topological polar surface area (TPSA) is 78.6 Å². The second-order valence-corrected chi connectivity index (χ2v) is 5.12.